The average Bonchev–Trinajstić information content (AvgIpc) is 2.55. The highest BCUT2D eigenvalue weighted by atomic mass is 15.3. The molecule has 2 fully saturated rings. The predicted molar refractivity (Wildman–Crippen MR) is 48.6 cm³/mol. The molecular formula is C9H20N2. The summed E-state index contributed by atoms with van der Waals surface area (Å²) in [5.74, 6) is 0. The second kappa shape index (κ2) is 4.73. The van der Waals surface area contributed by atoms with Gasteiger partial charge in [-0.3, -0.25) is 4.90 Å². The molecule has 0 radical (unpaired) electrons. The number of hydrogen-bond donors (Lipinski definition) is 1. The Labute approximate surface area is 70.0 Å². The van der Waals surface area contributed by atoms with E-state index in [2.05, 4.69) is 10.2 Å². The molecule has 2 rings (SSSR count). The second-order valence-corrected chi connectivity index (χ2v) is 3.06. The first-order chi connectivity index (χ1) is 5.47. The monoisotopic (exact) mass is 156 g/mol. The molecule has 0 aliphatic carbocycles. The van der Waals surface area contributed by atoms with Gasteiger partial charge in [-0.15, -0.1) is 0 Å². The van der Waals surface area contributed by atoms with Crippen molar-refractivity contribution < 1.29 is 0 Å². The maximum atomic E-state index is 3.38. The highest BCUT2D eigenvalue weighted by Crippen LogP contribution is 2.20. The number of rotatable bonds is 0. The van der Waals surface area contributed by atoms with Crippen LogP contribution < -0.4 is 5.32 Å². The predicted octanol–water partition coefficient (Wildman–Crippen LogP) is 1.43. The van der Waals surface area contributed by atoms with Gasteiger partial charge in [-0.25, -0.2) is 0 Å². The lowest BCUT2D eigenvalue weighted by Crippen LogP contribution is -2.44. The highest BCUT2D eigenvalue weighted by Gasteiger charge is 2.25. The fourth-order valence-electron chi connectivity index (χ4n) is 1.92. The first-order valence-corrected chi connectivity index (χ1v) is 4.91. The van der Waals surface area contributed by atoms with Crippen molar-refractivity contribution in [1.82, 2.24) is 10.2 Å². The lowest BCUT2D eigenvalue weighted by Gasteiger charge is -2.29. The molecule has 0 aromatic heterocycles. The molecule has 2 aliphatic heterocycles. The number of nitrogens with zero attached hydrogens (tertiary/aromatic N) is 1. The van der Waals surface area contributed by atoms with E-state index >= 15 is 0 Å². The van der Waals surface area contributed by atoms with E-state index in [1.165, 1.54) is 32.4 Å². The lowest BCUT2D eigenvalue weighted by molar-refractivity contribution is 0.187. The Bertz CT molecular complexity index is 91.7. The molecule has 2 heterocycles. The van der Waals surface area contributed by atoms with E-state index < -0.39 is 0 Å². The van der Waals surface area contributed by atoms with Crippen molar-refractivity contribution in [2.75, 3.05) is 19.8 Å². The number of fused-ring (bicyclic) bond motifs is 1. The third kappa shape index (κ3) is 2.17. The molecule has 0 aromatic carbocycles. The average molecular weight is 156 g/mol. The Morgan fingerprint density at radius 2 is 2.09 bits per heavy atom. The van der Waals surface area contributed by atoms with E-state index in [1.54, 1.807) is 0 Å². The van der Waals surface area contributed by atoms with Crippen LogP contribution in [-0.2, 0) is 0 Å². The Morgan fingerprint density at radius 3 is 2.82 bits per heavy atom. The summed E-state index contributed by atoms with van der Waals surface area (Å²) in [5, 5.41) is 3.38. The number of nitrogens with one attached hydrogen (secondary N) is 1. The van der Waals surface area contributed by atoms with Gasteiger partial charge in [-0.1, -0.05) is 13.8 Å². The van der Waals surface area contributed by atoms with Crippen LogP contribution in [0.2, 0.25) is 0 Å². The third-order valence-electron chi connectivity index (χ3n) is 2.47. The lowest BCUT2D eigenvalue weighted by atomic mass is 10.1. The first-order valence-electron chi connectivity index (χ1n) is 4.91. The van der Waals surface area contributed by atoms with Crippen molar-refractivity contribution in [3.05, 3.63) is 0 Å². The smallest absolute Gasteiger partial charge is 0.0483 e. The van der Waals surface area contributed by atoms with E-state index in [4.69, 9.17) is 0 Å². The van der Waals surface area contributed by atoms with E-state index in [1.807, 2.05) is 13.8 Å². The normalized spacial score (nSPS) is 30.5. The molecule has 0 amide bonds. The van der Waals surface area contributed by atoms with Crippen LogP contribution in [0.5, 0.6) is 0 Å². The molecular weight excluding hydrogens is 136 g/mol. The minimum atomic E-state index is 0.936. The molecule has 1 N–H and O–H groups in total. The van der Waals surface area contributed by atoms with E-state index in [0.29, 0.717) is 0 Å². The van der Waals surface area contributed by atoms with Gasteiger partial charge in [0.25, 0.3) is 0 Å². The topological polar surface area (TPSA) is 15.3 Å². The SMILES string of the molecule is C1CC2CCNCN2C1.CC. The molecule has 11 heavy (non-hydrogen) atoms. The Hall–Kier alpha value is -0.0800. The minimum Gasteiger partial charge on any atom is -0.304 e. The molecule has 1 unspecified atom stereocenters. The summed E-state index contributed by atoms with van der Waals surface area (Å²) in [4.78, 5) is 2.56. The molecule has 2 heteroatoms. The molecule has 2 saturated heterocycles. The van der Waals surface area contributed by atoms with Gasteiger partial charge in [-0.05, 0) is 32.4 Å². The maximum Gasteiger partial charge on any atom is 0.0483 e. The van der Waals surface area contributed by atoms with Crippen LogP contribution in [0.1, 0.15) is 33.1 Å². The van der Waals surface area contributed by atoms with Crippen LogP contribution in [0.15, 0.2) is 0 Å². The largest absolute Gasteiger partial charge is 0.304 e. The molecule has 1 atom stereocenters. The van der Waals surface area contributed by atoms with Crippen molar-refractivity contribution in [3.8, 4) is 0 Å². The Balaban J connectivity index is 0.000000281. The van der Waals surface area contributed by atoms with Crippen LogP contribution in [0.4, 0.5) is 0 Å². The minimum absolute atomic E-state index is 0.936. The van der Waals surface area contributed by atoms with E-state index in [0.717, 1.165) is 12.7 Å². The van der Waals surface area contributed by atoms with Gasteiger partial charge in [0.2, 0.25) is 0 Å². The zero-order valence-electron chi connectivity index (χ0n) is 7.77. The molecule has 0 bridgehead atoms. The third-order valence-corrected chi connectivity index (χ3v) is 2.47. The van der Waals surface area contributed by atoms with E-state index in [9.17, 15) is 0 Å². The molecule has 2 nitrogen and oxygen atoms in total. The van der Waals surface area contributed by atoms with Crippen LogP contribution in [0.3, 0.4) is 0 Å². The fourth-order valence-corrected chi connectivity index (χ4v) is 1.92. The van der Waals surface area contributed by atoms with Crippen molar-refractivity contribution in [3.63, 3.8) is 0 Å². The van der Waals surface area contributed by atoms with Gasteiger partial charge < -0.3 is 5.32 Å². The van der Waals surface area contributed by atoms with E-state index in [-0.39, 0.29) is 0 Å². The molecule has 0 aromatic rings. The quantitative estimate of drug-likeness (QED) is 0.571. The standard InChI is InChI=1S/C7H14N2.C2H6/c1-2-7-3-4-8-6-9(7)5-1;1-2/h7-8H,1-6H2;1-2H3. The van der Waals surface area contributed by atoms with Crippen LogP contribution in [-0.4, -0.2) is 30.7 Å². The molecule has 66 valence electrons. The van der Waals surface area contributed by atoms with Crippen LogP contribution >= 0.6 is 0 Å². The van der Waals surface area contributed by atoms with Crippen LogP contribution in [0, 0.1) is 0 Å². The zero-order valence-corrected chi connectivity index (χ0v) is 7.77. The summed E-state index contributed by atoms with van der Waals surface area (Å²) in [6.45, 7) is 7.71. The van der Waals surface area contributed by atoms with Gasteiger partial charge in [0.15, 0.2) is 0 Å². The summed E-state index contributed by atoms with van der Waals surface area (Å²) in [7, 11) is 0. The summed E-state index contributed by atoms with van der Waals surface area (Å²) in [5.41, 5.74) is 0. The number of hydrogen-bond acceptors (Lipinski definition) is 2. The zero-order chi connectivity index (χ0) is 8.10. The molecule has 2 aliphatic rings. The second-order valence-electron chi connectivity index (χ2n) is 3.06. The van der Waals surface area contributed by atoms with Gasteiger partial charge in [0.05, 0.1) is 0 Å². The van der Waals surface area contributed by atoms with Crippen LogP contribution in [0.25, 0.3) is 0 Å². The van der Waals surface area contributed by atoms with Gasteiger partial charge in [0.1, 0.15) is 0 Å². The van der Waals surface area contributed by atoms with Gasteiger partial charge >= 0.3 is 0 Å². The van der Waals surface area contributed by atoms with Gasteiger partial charge in [-0.2, -0.15) is 0 Å². The maximum absolute atomic E-state index is 3.38. The van der Waals surface area contributed by atoms with Crippen molar-refractivity contribution in [2.45, 2.75) is 39.2 Å². The Kier molecular flexibility index (Phi) is 3.87. The summed E-state index contributed by atoms with van der Waals surface area (Å²) in [6, 6.07) is 0.936. The van der Waals surface area contributed by atoms with Crippen molar-refractivity contribution in [1.29, 1.82) is 0 Å². The Morgan fingerprint density at radius 1 is 1.27 bits per heavy atom. The molecule has 0 spiro atoms. The summed E-state index contributed by atoms with van der Waals surface area (Å²) < 4.78 is 0. The summed E-state index contributed by atoms with van der Waals surface area (Å²) in [6.07, 6.45) is 4.24. The molecule has 0 saturated carbocycles. The highest BCUT2D eigenvalue weighted by molar-refractivity contribution is 4.81. The van der Waals surface area contributed by atoms with Crippen molar-refractivity contribution in [2.24, 2.45) is 0 Å². The first kappa shape index (κ1) is 9.01. The van der Waals surface area contributed by atoms with Gasteiger partial charge in [0, 0.05) is 12.7 Å². The fraction of sp³-hybridized carbons (Fsp3) is 1.00. The summed E-state index contributed by atoms with van der Waals surface area (Å²) >= 11 is 0. The van der Waals surface area contributed by atoms with Crippen molar-refractivity contribution >= 4 is 0 Å².